The van der Waals surface area contributed by atoms with Gasteiger partial charge in [0.05, 0.1) is 25.7 Å². The highest BCUT2D eigenvalue weighted by molar-refractivity contribution is 5.82. The summed E-state index contributed by atoms with van der Waals surface area (Å²) >= 11 is 0. The number of rotatable bonds is 8. The van der Waals surface area contributed by atoms with Gasteiger partial charge in [0, 0.05) is 18.2 Å². The number of hydrogen-bond donors (Lipinski definition) is 1. The molecule has 2 heterocycles. The van der Waals surface area contributed by atoms with Crippen molar-refractivity contribution < 1.29 is 4.74 Å². The molecule has 1 N–H and O–H groups in total. The number of pyridine rings is 1. The maximum atomic E-state index is 13.1. The minimum atomic E-state index is -0.0203. The van der Waals surface area contributed by atoms with Crippen molar-refractivity contribution in [1.82, 2.24) is 30.1 Å². The zero-order valence-corrected chi connectivity index (χ0v) is 21.3. The summed E-state index contributed by atoms with van der Waals surface area (Å²) in [5, 5.41) is 13.7. The Morgan fingerprint density at radius 3 is 2.58 bits per heavy atom. The molecule has 188 valence electrons. The number of tetrazole rings is 1. The molecule has 1 saturated carbocycles. The summed E-state index contributed by atoms with van der Waals surface area (Å²) in [6, 6.07) is 14.7. The average Bonchev–Trinajstić information content (AvgIpc) is 3.32. The zero-order chi connectivity index (χ0) is 25.1. The molecule has 2 aromatic heterocycles. The SMILES string of the molecule is COc1ccc(Cn2nnnc2CN(Cc2cc3cc(C)cc(C)c3[nH]c2=O)C2CCCCC2)cc1. The fourth-order valence-corrected chi connectivity index (χ4v) is 5.37. The molecule has 8 heteroatoms. The van der Waals surface area contributed by atoms with Crippen LogP contribution in [0.4, 0.5) is 0 Å². The summed E-state index contributed by atoms with van der Waals surface area (Å²) in [5.74, 6) is 1.63. The maximum absolute atomic E-state index is 13.1. The Bertz CT molecular complexity index is 1390. The number of ether oxygens (including phenoxy) is 1. The number of nitrogens with one attached hydrogen (secondary N) is 1. The third-order valence-electron chi connectivity index (χ3n) is 7.28. The van der Waals surface area contributed by atoms with Gasteiger partial charge in [-0.1, -0.05) is 43.0 Å². The van der Waals surface area contributed by atoms with Crippen LogP contribution in [0.25, 0.3) is 10.9 Å². The van der Waals surface area contributed by atoms with Crippen molar-refractivity contribution in [2.24, 2.45) is 0 Å². The van der Waals surface area contributed by atoms with Gasteiger partial charge in [-0.2, -0.15) is 0 Å². The lowest BCUT2D eigenvalue weighted by atomic mass is 9.93. The second kappa shape index (κ2) is 10.6. The number of aromatic nitrogens is 5. The first kappa shape index (κ1) is 24.2. The van der Waals surface area contributed by atoms with Crippen LogP contribution in [-0.4, -0.2) is 43.2 Å². The van der Waals surface area contributed by atoms with Crippen molar-refractivity contribution in [3.05, 3.63) is 80.9 Å². The minimum Gasteiger partial charge on any atom is -0.497 e. The van der Waals surface area contributed by atoms with E-state index in [1.165, 1.54) is 24.8 Å². The van der Waals surface area contributed by atoms with Crippen LogP contribution in [0.15, 0.2) is 47.3 Å². The van der Waals surface area contributed by atoms with Gasteiger partial charge >= 0.3 is 0 Å². The van der Waals surface area contributed by atoms with Gasteiger partial charge in [0.25, 0.3) is 5.56 Å². The summed E-state index contributed by atoms with van der Waals surface area (Å²) in [7, 11) is 1.66. The van der Waals surface area contributed by atoms with E-state index in [2.05, 4.69) is 50.5 Å². The Hall–Kier alpha value is -3.52. The van der Waals surface area contributed by atoms with Gasteiger partial charge in [-0.3, -0.25) is 9.69 Å². The van der Waals surface area contributed by atoms with Crippen molar-refractivity contribution in [1.29, 1.82) is 0 Å². The Morgan fingerprint density at radius 2 is 1.83 bits per heavy atom. The van der Waals surface area contributed by atoms with Gasteiger partial charge < -0.3 is 9.72 Å². The van der Waals surface area contributed by atoms with E-state index < -0.39 is 0 Å². The molecule has 36 heavy (non-hydrogen) atoms. The number of aromatic amines is 1. The van der Waals surface area contributed by atoms with Crippen LogP contribution in [0.3, 0.4) is 0 Å². The average molecular weight is 487 g/mol. The van der Waals surface area contributed by atoms with Gasteiger partial charge in [-0.15, -0.1) is 5.10 Å². The Kier molecular flexibility index (Phi) is 7.13. The Morgan fingerprint density at radius 1 is 1.06 bits per heavy atom. The van der Waals surface area contributed by atoms with E-state index >= 15 is 0 Å². The smallest absolute Gasteiger partial charge is 0.252 e. The van der Waals surface area contributed by atoms with Crippen molar-refractivity contribution in [3.63, 3.8) is 0 Å². The summed E-state index contributed by atoms with van der Waals surface area (Å²) < 4.78 is 7.13. The number of nitrogens with zero attached hydrogens (tertiary/aromatic N) is 5. The van der Waals surface area contributed by atoms with Crippen LogP contribution >= 0.6 is 0 Å². The van der Waals surface area contributed by atoms with E-state index in [9.17, 15) is 4.79 Å². The fourth-order valence-electron chi connectivity index (χ4n) is 5.37. The molecule has 1 aliphatic carbocycles. The van der Waals surface area contributed by atoms with Crippen LogP contribution in [0.2, 0.25) is 0 Å². The summed E-state index contributed by atoms with van der Waals surface area (Å²) in [6.45, 7) is 5.88. The molecule has 0 unspecified atom stereocenters. The van der Waals surface area contributed by atoms with Crippen molar-refractivity contribution in [3.8, 4) is 5.75 Å². The highest BCUT2D eigenvalue weighted by Gasteiger charge is 2.24. The monoisotopic (exact) mass is 486 g/mol. The van der Waals surface area contributed by atoms with Gasteiger partial charge in [-0.25, -0.2) is 4.68 Å². The third-order valence-corrected chi connectivity index (χ3v) is 7.28. The molecule has 0 radical (unpaired) electrons. The molecule has 5 rings (SSSR count). The normalized spacial score (nSPS) is 14.6. The first-order valence-electron chi connectivity index (χ1n) is 12.8. The Labute approximate surface area is 211 Å². The summed E-state index contributed by atoms with van der Waals surface area (Å²) in [4.78, 5) is 18.6. The number of H-pyrrole nitrogens is 1. The van der Waals surface area contributed by atoms with E-state index in [0.29, 0.717) is 25.7 Å². The first-order valence-corrected chi connectivity index (χ1v) is 12.8. The first-order chi connectivity index (χ1) is 17.5. The molecule has 2 aromatic carbocycles. The van der Waals surface area contributed by atoms with Crippen LogP contribution in [-0.2, 0) is 19.6 Å². The lowest BCUT2D eigenvalue weighted by Crippen LogP contribution is -2.38. The van der Waals surface area contributed by atoms with Crippen molar-refractivity contribution in [2.45, 2.75) is 71.6 Å². The number of fused-ring (bicyclic) bond motifs is 1. The summed E-state index contributed by atoms with van der Waals surface area (Å²) in [5.41, 5.74) is 5.07. The van der Waals surface area contributed by atoms with Crippen molar-refractivity contribution >= 4 is 10.9 Å². The zero-order valence-electron chi connectivity index (χ0n) is 21.3. The Balaban J connectivity index is 1.42. The molecule has 8 nitrogen and oxygen atoms in total. The molecule has 4 aromatic rings. The van der Waals surface area contributed by atoms with Gasteiger partial charge in [0.1, 0.15) is 5.75 Å². The largest absolute Gasteiger partial charge is 0.497 e. The van der Waals surface area contributed by atoms with E-state index in [-0.39, 0.29) is 5.56 Å². The molecule has 1 aliphatic rings. The van der Waals surface area contributed by atoms with E-state index in [4.69, 9.17) is 4.74 Å². The predicted octanol–water partition coefficient (Wildman–Crippen LogP) is 4.52. The van der Waals surface area contributed by atoms with E-state index in [1.807, 2.05) is 35.9 Å². The summed E-state index contributed by atoms with van der Waals surface area (Å²) in [6.07, 6.45) is 5.96. The quantitative estimate of drug-likeness (QED) is 0.394. The lowest BCUT2D eigenvalue weighted by Gasteiger charge is -2.33. The molecule has 1 fully saturated rings. The molecule has 0 saturated heterocycles. The van der Waals surface area contributed by atoms with Gasteiger partial charge in [0.15, 0.2) is 5.82 Å². The second-order valence-corrected chi connectivity index (χ2v) is 9.97. The third kappa shape index (κ3) is 5.33. The molecular weight excluding hydrogens is 452 g/mol. The van der Waals surface area contributed by atoms with E-state index in [1.54, 1.807) is 7.11 Å². The highest BCUT2D eigenvalue weighted by atomic mass is 16.5. The van der Waals surface area contributed by atoms with Crippen LogP contribution in [0.1, 0.15) is 60.2 Å². The van der Waals surface area contributed by atoms with E-state index in [0.717, 1.165) is 52.0 Å². The molecule has 0 bridgehead atoms. The lowest BCUT2D eigenvalue weighted by molar-refractivity contribution is 0.134. The minimum absolute atomic E-state index is 0.0203. The topological polar surface area (TPSA) is 88.9 Å². The molecule has 0 amide bonds. The van der Waals surface area contributed by atoms with Crippen LogP contribution < -0.4 is 10.3 Å². The van der Waals surface area contributed by atoms with Crippen molar-refractivity contribution in [2.75, 3.05) is 7.11 Å². The standard InChI is InChI=1S/C28H34N6O2/c1-19-13-20(2)27-22(14-19)15-23(28(35)29-27)17-33(24-7-5-4-6-8-24)18-26-30-31-32-34(26)16-21-9-11-25(36-3)12-10-21/h9-15,24H,4-8,16-18H2,1-3H3,(H,29,35). The maximum Gasteiger partial charge on any atom is 0.252 e. The molecule has 0 aliphatic heterocycles. The van der Waals surface area contributed by atoms with Crippen LogP contribution in [0, 0.1) is 13.8 Å². The van der Waals surface area contributed by atoms with Crippen LogP contribution in [0.5, 0.6) is 5.75 Å². The molecule has 0 spiro atoms. The molecule has 0 atom stereocenters. The van der Waals surface area contributed by atoms with Gasteiger partial charge in [-0.05, 0) is 77.9 Å². The number of methoxy groups -OCH3 is 1. The second-order valence-electron chi connectivity index (χ2n) is 9.97. The highest BCUT2D eigenvalue weighted by Crippen LogP contribution is 2.26. The number of aryl methyl sites for hydroxylation is 2. The molecular formula is C28H34N6O2. The van der Waals surface area contributed by atoms with Gasteiger partial charge in [0.2, 0.25) is 0 Å². The fraction of sp³-hybridized carbons (Fsp3) is 0.429. The number of benzene rings is 2. The number of hydrogen-bond acceptors (Lipinski definition) is 6. The predicted molar refractivity (Wildman–Crippen MR) is 140 cm³/mol.